The van der Waals surface area contributed by atoms with Crippen molar-refractivity contribution in [3.8, 4) is 0 Å². The van der Waals surface area contributed by atoms with Gasteiger partial charge in [-0.1, -0.05) is 20.8 Å². The maximum absolute atomic E-state index is 4.71. The number of hydrogen-bond acceptors (Lipinski definition) is 4. The molecule has 0 aromatic carbocycles. The highest BCUT2D eigenvalue weighted by Gasteiger charge is 2.17. The third-order valence-corrected chi connectivity index (χ3v) is 5.28. The molecule has 2 rings (SSSR count). The Bertz CT molecular complexity index is 656. The number of nitrogens with zero attached hydrogens (tertiary/aromatic N) is 2. The summed E-state index contributed by atoms with van der Waals surface area (Å²) in [5, 5.41) is 12.0. The molecule has 0 aliphatic rings. The molecule has 24 heavy (non-hydrogen) atoms. The predicted octanol–water partition coefficient (Wildman–Crippen LogP) is 4.68. The van der Waals surface area contributed by atoms with Gasteiger partial charge < -0.3 is 10.6 Å². The summed E-state index contributed by atoms with van der Waals surface area (Å²) in [7, 11) is 0. The number of guanidine groups is 1. The van der Waals surface area contributed by atoms with Crippen molar-refractivity contribution in [2.24, 2.45) is 4.99 Å². The van der Waals surface area contributed by atoms with Crippen molar-refractivity contribution in [3.63, 3.8) is 0 Å². The fourth-order valence-electron chi connectivity index (χ4n) is 1.95. The van der Waals surface area contributed by atoms with E-state index in [-0.39, 0.29) is 29.4 Å². The second-order valence-electron chi connectivity index (χ2n) is 6.45. The average Bonchev–Trinajstić information content (AvgIpc) is 3.10. The molecule has 2 heterocycles. The molecule has 0 saturated heterocycles. The molecule has 0 unspecified atom stereocenters. The first-order valence-corrected chi connectivity index (χ1v) is 9.66. The molecule has 0 saturated carbocycles. The summed E-state index contributed by atoms with van der Waals surface area (Å²) < 4.78 is 0. The van der Waals surface area contributed by atoms with Crippen LogP contribution in [0.2, 0.25) is 0 Å². The summed E-state index contributed by atoms with van der Waals surface area (Å²) in [5.41, 5.74) is 2.56. The van der Waals surface area contributed by atoms with Gasteiger partial charge in [0.15, 0.2) is 5.96 Å². The predicted molar refractivity (Wildman–Crippen MR) is 117 cm³/mol. The fraction of sp³-hybridized carbons (Fsp3) is 0.529. The minimum Gasteiger partial charge on any atom is -0.357 e. The molecule has 2 aromatic rings. The van der Waals surface area contributed by atoms with E-state index in [2.05, 4.69) is 67.1 Å². The maximum atomic E-state index is 4.71. The Hall–Kier alpha value is -0.670. The zero-order valence-electron chi connectivity index (χ0n) is 15.0. The maximum Gasteiger partial charge on any atom is 0.191 e. The van der Waals surface area contributed by atoms with Crippen LogP contribution in [0.25, 0.3) is 0 Å². The van der Waals surface area contributed by atoms with E-state index < -0.39 is 0 Å². The van der Waals surface area contributed by atoms with E-state index in [0.29, 0.717) is 13.1 Å². The third-order valence-electron chi connectivity index (χ3n) is 3.42. The van der Waals surface area contributed by atoms with Gasteiger partial charge in [0.05, 0.1) is 18.8 Å². The van der Waals surface area contributed by atoms with Gasteiger partial charge in [-0.2, -0.15) is 0 Å². The largest absolute Gasteiger partial charge is 0.357 e. The first-order chi connectivity index (χ1) is 10.9. The van der Waals surface area contributed by atoms with E-state index in [4.69, 9.17) is 4.98 Å². The van der Waals surface area contributed by atoms with Crippen LogP contribution in [0.1, 0.15) is 48.8 Å². The fourth-order valence-corrected chi connectivity index (χ4v) is 3.74. The quantitative estimate of drug-likeness (QED) is 0.373. The zero-order chi connectivity index (χ0) is 16.9. The van der Waals surface area contributed by atoms with Gasteiger partial charge in [-0.3, -0.25) is 0 Å². The minimum absolute atomic E-state index is 0. The molecule has 4 nitrogen and oxygen atoms in total. The van der Waals surface area contributed by atoms with Crippen LogP contribution >= 0.6 is 46.7 Å². The second kappa shape index (κ2) is 9.72. The second-order valence-corrected chi connectivity index (χ2v) is 8.40. The number of thiophene rings is 1. The lowest BCUT2D eigenvalue weighted by molar-refractivity contribution is 0.570. The molecule has 0 radical (unpaired) electrons. The summed E-state index contributed by atoms with van der Waals surface area (Å²) in [6, 6.07) is 2.14. The molecule has 0 spiro atoms. The van der Waals surface area contributed by atoms with Gasteiger partial charge in [-0.05, 0) is 30.9 Å². The summed E-state index contributed by atoms with van der Waals surface area (Å²) in [4.78, 5) is 10.7. The molecule has 2 aromatic heterocycles. The Morgan fingerprint density at radius 2 is 2.00 bits per heavy atom. The van der Waals surface area contributed by atoms with Crippen LogP contribution in [0.3, 0.4) is 0 Å². The van der Waals surface area contributed by atoms with E-state index in [1.54, 1.807) is 22.7 Å². The normalized spacial score (nSPS) is 12.0. The van der Waals surface area contributed by atoms with Crippen molar-refractivity contribution < 1.29 is 0 Å². The van der Waals surface area contributed by atoms with Crippen LogP contribution in [-0.4, -0.2) is 17.5 Å². The van der Waals surface area contributed by atoms with Gasteiger partial charge in [0.2, 0.25) is 0 Å². The number of aryl methyl sites for hydroxylation is 1. The van der Waals surface area contributed by atoms with Crippen LogP contribution in [-0.2, 0) is 18.5 Å². The highest BCUT2D eigenvalue weighted by molar-refractivity contribution is 14.0. The summed E-state index contributed by atoms with van der Waals surface area (Å²) in [6.07, 6.45) is 0. The molecule has 134 valence electrons. The molecule has 2 N–H and O–H groups in total. The van der Waals surface area contributed by atoms with Crippen molar-refractivity contribution in [1.29, 1.82) is 0 Å². The van der Waals surface area contributed by atoms with E-state index in [9.17, 15) is 0 Å². The molecule has 7 heteroatoms. The minimum atomic E-state index is 0. The highest BCUT2D eigenvalue weighted by atomic mass is 127. The van der Waals surface area contributed by atoms with Gasteiger partial charge >= 0.3 is 0 Å². The lowest BCUT2D eigenvalue weighted by atomic mass is 9.93. The Balaban J connectivity index is 0.00000288. The molecule has 0 fully saturated rings. The standard InChI is InChI=1S/C17H26N4S2.HI/c1-6-18-16(19-9-13-12(2)7-8-22-13)20-10-15-21-14(11-23-15)17(3,4)5;/h7-8,11H,6,9-10H2,1-5H3,(H2,18,19,20);1H. The zero-order valence-corrected chi connectivity index (χ0v) is 18.9. The van der Waals surface area contributed by atoms with E-state index in [1.165, 1.54) is 10.4 Å². The summed E-state index contributed by atoms with van der Waals surface area (Å²) >= 11 is 3.46. The summed E-state index contributed by atoms with van der Waals surface area (Å²) in [5.74, 6) is 0.841. The van der Waals surface area contributed by atoms with Crippen LogP contribution in [0.15, 0.2) is 21.8 Å². The number of hydrogen-bond donors (Lipinski definition) is 2. The van der Waals surface area contributed by atoms with E-state index in [0.717, 1.165) is 23.2 Å². The monoisotopic (exact) mass is 478 g/mol. The molecular formula is C17H27IN4S2. The Labute approximate surface area is 170 Å². The van der Waals surface area contributed by atoms with Crippen LogP contribution < -0.4 is 10.6 Å². The molecule has 0 aliphatic carbocycles. The van der Waals surface area contributed by atoms with E-state index in [1.807, 2.05) is 0 Å². The first-order valence-electron chi connectivity index (χ1n) is 7.90. The molecule has 0 amide bonds. The number of thiazole rings is 1. The number of nitrogens with one attached hydrogen (secondary N) is 2. The summed E-state index contributed by atoms with van der Waals surface area (Å²) in [6.45, 7) is 13.0. The van der Waals surface area contributed by atoms with Gasteiger partial charge in [-0.25, -0.2) is 9.98 Å². The lowest BCUT2D eigenvalue weighted by Crippen LogP contribution is -2.36. The highest BCUT2D eigenvalue weighted by Crippen LogP contribution is 2.23. The van der Waals surface area contributed by atoms with Crippen LogP contribution in [0.4, 0.5) is 0 Å². The molecule has 0 aliphatic heterocycles. The van der Waals surface area contributed by atoms with Gasteiger partial charge in [0.25, 0.3) is 0 Å². The average molecular weight is 478 g/mol. The number of halogens is 1. The Kier molecular flexibility index (Phi) is 8.66. The van der Waals surface area contributed by atoms with Crippen molar-refractivity contribution in [2.45, 2.75) is 53.1 Å². The van der Waals surface area contributed by atoms with Crippen molar-refractivity contribution in [3.05, 3.63) is 38.0 Å². The number of rotatable bonds is 5. The Morgan fingerprint density at radius 3 is 2.54 bits per heavy atom. The van der Waals surface area contributed by atoms with Crippen molar-refractivity contribution in [1.82, 2.24) is 15.6 Å². The number of aliphatic imine (C=N–C) groups is 1. The van der Waals surface area contributed by atoms with Gasteiger partial charge in [0, 0.05) is 22.2 Å². The van der Waals surface area contributed by atoms with Crippen molar-refractivity contribution in [2.75, 3.05) is 6.54 Å². The van der Waals surface area contributed by atoms with Gasteiger partial charge in [0.1, 0.15) is 5.01 Å². The number of aromatic nitrogens is 1. The van der Waals surface area contributed by atoms with Crippen molar-refractivity contribution >= 4 is 52.6 Å². The van der Waals surface area contributed by atoms with E-state index >= 15 is 0 Å². The Morgan fingerprint density at radius 1 is 1.25 bits per heavy atom. The lowest BCUT2D eigenvalue weighted by Gasteiger charge is -2.14. The SMILES string of the molecule is CCNC(=NCc1sccc1C)NCc1nc(C(C)(C)C)cs1.I. The smallest absolute Gasteiger partial charge is 0.191 e. The van der Waals surface area contributed by atoms with Crippen LogP contribution in [0, 0.1) is 6.92 Å². The molecular weight excluding hydrogens is 451 g/mol. The first kappa shape index (κ1) is 21.4. The van der Waals surface area contributed by atoms with Crippen LogP contribution in [0.5, 0.6) is 0 Å². The topological polar surface area (TPSA) is 49.3 Å². The third kappa shape index (κ3) is 6.33. The molecule has 0 atom stereocenters. The van der Waals surface area contributed by atoms with Gasteiger partial charge in [-0.15, -0.1) is 46.7 Å². The molecule has 0 bridgehead atoms.